The number of nitrogens with zero attached hydrogens (tertiary/aromatic N) is 1. The van der Waals surface area contributed by atoms with Crippen LogP contribution in [0.3, 0.4) is 0 Å². The maximum absolute atomic E-state index is 13.5. The molecule has 0 aliphatic carbocycles. The van der Waals surface area contributed by atoms with Crippen molar-refractivity contribution in [2.45, 2.75) is 57.7 Å². The molecular formula is C31H42N4O6. The number of carboxylic acids is 1. The van der Waals surface area contributed by atoms with Gasteiger partial charge in [-0.15, -0.1) is 0 Å². The largest absolute Gasteiger partial charge is 0.480 e. The summed E-state index contributed by atoms with van der Waals surface area (Å²) in [4.78, 5) is 53.7. The first-order valence-electron chi connectivity index (χ1n) is 14.2. The lowest BCUT2D eigenvalue weighted by Gasteiger charge is -2.28. The number of carbonyl (C=O) groups excluding carboxylic acids is 3. The highest BCUT2D eigenvalue weighted by atomic mass is 16.5. The minimum absolute atomic E-state index is 0.0436. The van der Waals surface area contributed by atoms with E-state index in [4.69, 9.17) is 4.74 Å². The maximum atomic E-state index is 13.5. The number of carbonyl (C=O) groups is 4. The van der Waals surface area contributed by atoms with Crippen LogP contribution in [0.2, 0.25) is 0 Å². The molecule has 3 amide bonds. The van der Waals surface area contributed by atoms with Gasteiger partial charge < -0.3 is 25.8 Å². The molecule has 4 N–H and O–H groups in total. The molecule has 1 aliphatic heterocycles. The highest BCUT2D eigenvalue weighted by Gasteiger charge is 2.30. The highest BCUT2D eigenvalue weighted by Crippen LogP contribution is 2.11. The van der Waals surface area contributed by atoms with Crippen LogP contribution in [-0.4, -0.2) is 84.7 Å². The Bertz CT molecular complexity index is 1120. The van der Waals surface area contributed by atoms with E-state index < -0.39 is 35.9 Å². The molecule has 10 heteroatoms. The van der Waals surface area contributed by atoms with E-state index in [0.717, 1.165) is 11.1 Å². The summed E-state index contributed by atoms with van der Waals surface area (Å²) in [5, 5.41) is 18.1. The number of hydrogen-bond donors (Lipinski definition) is 4. The number of aliphatic carboxylic acids is 1. The Balaban J connectivity index is 1.70. The van der Waals surface area contributed by atoms with E-state index in [-0.39, 0.29) is 24.8 Å². The first kappa shape index (κ1) is 31.8. The van der Waals surface area contributed by atoms with E-state index >= 15 is 0 Å². The topological polar surface area (TPSA) is 137 Å². The molecule has 0 radical (unpaired) electrons. The van der Waals surface area contributed by atoms with Gasteiger partial charge in [-0.05, 0) is 36.3 Å². The fourth-order valence-electron chi connectivity index (χ4n) is 4.72. The van der Waals surface area contributed by atoms with Crippen LogP contribution in [-0.2, 0) is 36.8 Å². The number of ether oxygens (including phenoxy) is 1. The van der Waals surface area contributed by atoms with Crippen molar-refractivity contribution < 1.29 is 29.0 Å². The summed E-state index contributed by atoms with van der Waals surface area (Å²) >= 11 is 0. The van der Waals surface area contributed by atoms with Crippen molar-refractivity contribution in [3.05, 3.63) is 71.8 Å². The Kier molecular flexibility index (Phi) is 12.8. The van der Waals surface area contributed by atoms with Crippen molar-refractivity contribution in [1.29, 1.82) is 0 Å². The Hall–Kier alpha value is -3.76. The Labute approximate surface area is 241 Å². The number of hydrogen-bond acceptors (Lipinski definition) is 6. The van der Waals surface area contributed by atoms with Crippen molar-refractivity contribution >= 4 is 23.7 Å². The maximum Gasteiger partial charge on any atom is 0.326 e. The van der Waals surface area contributed by atoms with Crippen LogP contribution in [0.4, 0.5) is 0 Å². The lowest BCUT2D eigenvalue weighted by atomic mass is 10.00. The standard InChI is InChI=1S/C31H42N4O6/c1-22(2)19-26(30(38)34-27(31(39)40)20-24-11-7-4-8-12-24)33-29(37)25(14-13-23-9-5-3-6-10-23)32-28(36)21-35-15-17-41-18-16-35/h3-12,22,25-27H,13-21H2,1-2H3,(H,32,36)(H,33,37)(H,34,38)(H,39,40)/t25?,26-,27?/m0/s1. The Morgan fingerprint density at radius 1 is 0.805 bits per heavy atom. The van der Waals surface area contributed by atoms with Gasteiger partial charge in [-0.3, -0.25) is 19.3 Å². The van der Waals surface area contributed by atoms with Gasteiger partial charge in [0.2, 0.25) is 17.7 Å². The highest BCUT2D eigenvalue weighted by molar-refractivity contribution is 5.93. The van der Waals surface area contributed by atoms with Gasteiger partial charge in [-0.2, -0.15) is 0 Å². The minimum Gasteiger partial charge on any atom is -0.480 e. The number of benzene rings is 2. The average molecular weight is 567 g/mol. The molecule has 1 saturated heterocycles. The average Bonchev–Trinajstić information content (AvgIpc) is 2.95. The summed E-state index contributed by atoms with van der Waals surface area (Å²) in [6.45, 7) is 6.37. The predicted molar refractivity (Wildman–Crippen MR) is 155 cm³/mol. The fraction of sp³-hybridized carbons (Fsp3) is 0.484. The molecule has 1 fully saturated rings. The van der Waals surface area contributed by atoms with Gasteiger partial charge >= 0.3 is 5.97 Å². The van der Waals surface area contributed by atoms with Crippen molar-refractivity contribution in [2.75, 3.05) is 32.8 Å². The number of amides is 3. The molecule has 2 aromatic carbocycles. The zero-order chi connectivity index (χ0) is 29.6. The van der Waals surface area contributed by atoms with Crippen LogP contribution >= 0.6 is 0 Å². The van der Waals surface area contributed by atoms with E-state index in [1.807, 2.05) is 55.1 Å². The fourth-order valence-corrected chi connectivity index (χ4v) is 4.72. The SMILES string of the molecule is CC(C)C[C@H](NC(=O)C(CCc1ccccc1)NC(=O)CN1CCOCC1)C(=O)NC(Cc1ccccc1)C(=O)O. The molecule has 0 aromatic heterocycles. The molecule has 2 aromatic rings. The van der Waals surface area contributed by atoms with Gasteiger partial charge in [-0.25, -0.2) is 4.79 Å². The summed E-state index contributed by atoms with van der Waals surface area (Å²) in [5.41, 5.74) is 1.79. The first-order chi connectivity index (χ1) is 19.7. The molecule has 0 spiro atoms. The number of aryl methyl sites for hydroxylation is 1. The van der Waals surface area contributed by atoms with Crippen LogP contribution in [0, 0.1) is 5.92 Å². The summed E-state index contributed by atoms with van der Waals surface area (Å²) in [7, 11) is 0. The second-order valence-electron chi connectivity index (χ2n) is 10.8. The van der Waals surface area contributed by atoms with E-state index in [1.165, 1.54) is 0 Å². The molecule has 1 aliphatic rings. The van der Waals surface area contributed by atoms with E-state index in [9.17, 15) is 24.3 Å². The molecule has 222 valence electrons. The lowest BCUT2D eigenvalue weighted by molar-refractivity contribution is -0.142. The van der Waals surface area contributed by atoms with E-state index in [1.54, 1.807) is 24.3 Å². The van der Waals surface area contributed by atoms with Gasteiger partial charge in [0, 0.05) is 19.5 Å². The zero-order valence-corrected chi connectivity index (χ0v) is 23.9. The molecule has 3 rings (SSSR count). The van der Waals surface area contributed by atoms with Crippen LogP contribution in [0.15, 0.2) is 60.7 Å². The molecule has 10 nitrogen and oxygen atoms in total. The quantitative estimate of drug-likeness (QED) is 0.258. The van der Waals surface area contributed by atoms with Gasteiger partial charge in [-0.1, -0.05) is 74.5 Å². The van der Waals surface area contributed by atoms with Gasteiger partial charge in [0.15, 0.2) is 0 Å². The lowest BCUT2D eigenvalue weighted by Crippen LogP contribution is -2.57. The smallest absolute Gasteiger partial charge is 0.326 e. The third kappa shape index (κ3) is 11.3. The molecule has 0 bridgehead atoms. The zero-order valence-electron chi connectivity index (χ0n) is 23.9. The Morgan fingerprint density at radius 2 is 1.37 bits per heavy atom. The van der Waals surface area contributed by atoms with Gasteiger partial charge in [0.05, 0.1) is 19.8 Å². The van der Waals surface area contributed by atoms with Crippen molar-refractivity contribution in [3.63, 3.8) is 0 Å². The second kappa shape index (κ2) is 16.5. The van der Waals surface area contributed by atoms with Crippen LogP contribution < -0.4 is 16.0 Å². The molecule has 2 unspecified atom stereocenters. The molecule has 41 heavy (non-hydrogen) atoms. The number of rotatable bonds is 15. The van der Waals surface area contributed by atoms with Crippen molar-refractivity contribution in [3.8, 4) is 0 Å². The number of nitrogens with one attached hydrogen (secondary N) is 3. The third-order valence-electron chi connectivity index (χ3n) is 6.92. The Morgan fingerprint density at radius 3 is 1.95 bits per heavy atom. The third-order valence-corrected chi connectivity index (χ3v) is 6.92. The second-order valence-corrected chi connectivity index (χ2v) is 10.8. The molecule has 0 saturated carbocycles. The van der Waals surface area contributed by atoms with Gasteiger partial charge in [0.1, 0.15) is 18.1 Å². The van der Waals surface area contributed by atoms with E-state index in [0.29, 0.717) is 45.6 Å². The normalized spacial score (nSPS) is 15.9. The van der Waals surface area contributed by atoms with Crippen LogP contribution in [0.5, 0.6) is 0 Å². The monoisotopic (exact) mass is 566 g/mol. The number of morpholine rings is 1. The number of carboxylic acid groups (broad SMARTS) is 1. The van der Waals surface area contributed by atoms with Gasteiger partial charge in [0.25, 0.3) is 0 Å². The van der Waals surface area contributed by atoms with Crippen molar-refractivity contribution in [1.82, 2.24) is 20.9 Å². The van der Waals surface area contributed by atoms with E-state index in [2.05, 4.69) is 16.0 Å². The predicted octanol–water partition coefficient (Wildman–Crippen LogP) is 1.78. The molecule has 3 atom stereocenters. The summed E-state index contributed by atoms with van der Waals surface area (Å²) in [5.74, 6) is -2.45. The van der Waals surface area contributed by atoms with Crippen LogP contribution in [0.1, 0.15) is 37.8 Å². The van der Waals surface area contributed by atoms with Crippen molar-refractivity contribution in [2.24, 2.45) is 5.92 Å². The molecule has 1 heterocycles. The molecular weight excluding hydrogens is 524 g/mol. The minimum atomic E-state index is -1.16. The van der Waals surface area contributed by atoms with Crippen LogP contribution in [0.25, 0.3) is 0 Å². The summed E-state index contributed by atoms with van der Waals surface area (Å²) < 4.78 is 5.35. The summed E-state index contributed by atoms with van der Waals surface area (Å²) in [6.07, 6.45) is 1.31. The first-order valence-corrected chi connectivity index (χ1v) is 14.2. The summed E-state index contributed by atoms with van der Waals surface area (Å²) in [6, 6.07) is 15.7.